The highest BCUT2D eigenvalue weighted by molar-refractivity contribution is 5.37. The first-order chi connectivity index (χ1) is 10.2. The molecule has 1 unspecified atom stereocenters. The molecule has 0 heterocycles. The third-order valence-electron chi connectivity index (χ3n) is 3.48. The van der Waals surface area contributed by atoms with Gasteiger partial charge in [0.2, 0.25) is 0 Å². The Labute approximate surface area is 126 Å². The zero-order chi connectivity index (χ0) is 15.1. The van der Waals surface area contributed by atoms with Gasteiger partial charge in [-0.2, -0.15) is 0 Å². The van der Waals surface area contributed by atoms with Crippen molar-refractivity contribution in [2.75, 3.05) is 13.7 Å². The Morgan fingerprint density at radius 2 is 1.95 bits per heavy atom. The molecule has 0 aliphatic carbocycles. The largest absolute Gasteiger partial charge is 0.496 e. The Morgan fingerprint density at radius 3 is 2.67 bits per heavy atom. The minimum absolute atomic E-state index is 0.114. The van der Waals surface area contributed by atoms with Crippen LogP contribution in [-0.4, -0.2) is 13.7 Å². The summed E-state index contributed by atoms with van der Waals surface area (Å²) in [5.41, 5.74) is 2.09. The molecule has 1 atom stereocenters. The highest BCUT2D eigenvalue weighted by Gasteiger charge is 2.16. The van der Waals surface area contributed by atoms with E-state index in [2.05, 4.69) is 18.3 Å². The highest BCUT2D eigenvalue weighted by atomic mass is 19.1. The van der Waals surface area contributed by atoms with Gasteiger partial charge in [0.25, 0.3) is 0 Å². The summed E-state index contributed by atoms with van der Waals surface area (Å²) >= 11 is 0. The van der Waals surface area contributed by atoms with Crippen molar-refractivity contribution >= 4 is 0 Å². The third kappa shape index (κ3) is 4.30. The summed E-state index contributed by atoms with van der Waals surface area (Å²) in [6, 6.07) is 14.9. The number of halogens is 1. The lowest BCUT2D eigenvalue weighted by Crippen LogP contribution is -2.24. The number of nitrogens with one attached hydrogen (secondary N) is 1. The summed E-state index contributed by atoms with van der Waals surface area (Å²) in [4.78, 5) is 0. The van der Waals surface area contributed by atoms with Crippen LogP contribution in [0.5, 0.6) is 5.75 Å². The maximum absolute atomic E-state index is 13.4. The number of methoxy groups -OCH3 is 1. The van der Waals surface area contributed by atoms with Gasteiger partial charge >= 0.3 is 0 Å². The van der Waals surface area contributed by atoms with Crippen LogP contribution in [0.25, 0.3) is 0 Å². The SMILES string of the molecule is CCCNC(Cc1cccc(F)c1)c1ccccc1OC. The normalized spacial score (nSPS) is 12.1. The van der Waals surface area contributed by atoms with Crippen molar-refractivity contribution in [3.8, 4) is 5.75 Å². The summed E-state index contributed by atoms with van der Waals surface area (Å²) in [5.74, 6) is 0.671. The van der Waals surface area contributed by atoms with Gasteiger partial charge in [0, 0.05) is 11.6 Å². The predicted molar refractivity (Wildman–Crippen MR) is 84.1 cm³/mol. The van der Waals surface area contributed by atoms with Crippen LogP contribution in [-0.2, 0) is 6.42 Å². The lowest BCUT2D eigenvalue weighted by atomic mass is 9.97. The van der Waals surface area contributed by atoms with E-state index in [4.69, 9.17) is 4.74 Å². The zero-order valence-corrected chi connectivity index (χ0v) is 12.6. The molecule has 0 amide bonds. The number of rotatable bonds is 7. The number of benzene rings is 2. The molecule has 3 heteroatoms. The van der Waals surface area contributed by atoms with Crippen molar-refractivity contribution < 1.29 is 9.13 Å². The summed E-state index contributed by atoms with van der Waals surface area (Å²) in [6.07, 6.45) is 1.78. The third-order valence-corrected chi connectivity index (χ3v) is 3.48. The molecule has 21 heavy (non-hydrogen) atoms. The van der Waals surface area contributed by atoms with E-state index < -0.39 is 0 Å². The van der Waals surface area contributed by atoms with Crippen LogP contribution in [0.1, 0.15) is 30.5 Å². The van der Waals surface area contributed by atoms with Crippen LogP contribution in [0.2, 0.25) is 0 Å². The lowest BCUT2D eigenvalue weighted by molar-refractivity contribution is 0.398. The molecule has 2 rings (SSSR count). The van der Waals surface area contributed by atoms with Crippen LogP contribution in [0.3, 0.4) is 0 Å². The van der Waals surface area contributed by atoms with Crippen LogP contribution in [0.4, 0.5) is 4.39 Å². The summed E-state index contributed by atoms with van der Waals surface area (Å²) < 4.78 is 18.8. The van der Waals surface area contributed by atoms with Crippen LogP contribution < -0.4 is 10.1 Å². The van der Waals surface area contributed by atoms with E-state index in [0.29, 0.717) is 0 Å². The van der Waals surface area contributed by atoms with E-state index in [1.165, 1.54) is 6.07 Å². The smallest absolute Gasteiger partial charge is 0.123 e. The number of ether oxygens (including phenoxy) is 1. The van der Waals surface area contributed by atoms with Crippen molar-refractivity contribution in [2.24, 2.45) is 0 Å². The first-order valence-electron chi connectivity index (χ1n) is 7.35. The molecule has 0 radical (unpaired) electrons. The monoisotopic (exact) mass is 287 g/mol. The average molecular weight is 287 g/mol. The topological polar surface area (TPSA) is 21.3 Å². The van der Waals surface area contributed by atoms with Crippen LogP contribution >= 0.6 is 0 Å². The summed E-state index contributed by atoms with van der Waals surface area (Å²) in [6.45, 7) is 3.05. The van der Waals surface area contributed by atoms with Gasteiger partial charge in [-0.15, -0.1) is 0 Å². The minimum Gasteiger partial charge on any atom is -0.496 e. The maximum Gasteiger partial charge on any atom is 0.123 e. The van der Waals surface area contributed by atoms with E-state index in [1.807, 2.05) is 24.3 Å². The highest BCUT2D eigenvalue weighted by Crippen LogP contribution is 2.27. The van der Waals surface area contributed by atoms with Crippen LogP contribution in [0.15, 0.2) is 48.5 Å². The van der Waals surface area contributed by atoms with E-state index in [-0.39, 0.29) is 11.9 Å². The van der Waals surface area contributed by atoms with Crippen molar-refractivity contribution in [3.63, 3.8) is 0 Å². The van der Waals surface area contributed by atoms with E-state index in [9.17, 15) is 4.39 Å². The Balaban J connectivity index is 2.25. The second-order valence-electron chi connectivity index (χ2n) is 5.08. The molecule has 2 aromatic carbocycles. The van der Waals surface area contributed by atoms with Gasteiger partial charge in [0.15, 0.2) is 0 Å². The molecule has 0 spiro atoms. The number of para-hydroxylation sites is 1. The fourth-order valence-electron chi connectivity index (χ4n) is 2.46. The molecule has 0 saturated carbocycles. The fraction of sp³-hybridized carbons (Fsp3) is 0.333. The Morgan fingerprint density at radius 1 is 1.14 bits per heavy atom. The quantitative estimate of drug-likeness (QED) is 0.827. The molecule has 0 bridgehead atoms. The maximum atomic E-state index is 13.4. The van der Waals surface area contributed by atoms with E-state index in [0.717, 1.165) is 36.3 Å². The first kappa shape index (κ1) is 15.5. The van der Waals surface area contributed by atoms with Gasteiger partial charge in [-0.1, -0.05) is 37.3 Å². The molecule has 1 N–H and O–H groups in total. The van der Waals surface area contributed by atoms with Crippen molar-refractivity contribution in [3.05, 3.63) is 65.5 Å². The minimum atomic E-state index is -0.193. The van der Waals surface area contributed by atoms with E-state index >= 15 is 0 Å². The summed E-state index contributed by atoms with van der Waals surface area (Å²) in [7, 11) is 1.68. The molecule has 0 aromatic heterocycles. The molecule has 2 nitrogen and oxygen atoms in total. The zero-order valence-electron chi connectivity index (χ0n) is 12.6. The molecule has 112 valence electrons. The molecule has 0 fully saturated rings. The van der Waals surface area contributed by atoms with Crippen molar-refractivity contribution in [2.45, 2.75) is 25.8 Å². The lowest BCUT2D eigenvalue weighted by Gasteiger charge is -2.21. The van der Waals surface area contributed by atoms with Gasteiger partial charge in [-0.25, -0.2) is 4.39 Å². The second-order valence-corrected chi connectivity index (χ2v) is 5.08. The predicted octanol–water partition coefficient (Wildman–Crippen LogP) is 4.12. The fourth-order valence-corrected chi connectivity index (χ4v) is 2.46. The molecule has 2 aromatic rings. The van der Waals surface area contributed by atoms with Gasteiger partial charge in [-0.3, -0.25) is 0 Å². The molecular formula is C18H22FNO. The van der Waals surface area contributed by atoms with Gasteiger partial charge in [0.1, 0.15) is 11.6 Å². The van der Waals surface area contributed by atoms with Gasteiger partial charge in [0.05, 0.1) is 7.11 Å². The first-order valence-corrected chi connectivity index (χ1v) is 7.35. The molecule has 0 aliphatic rings. The molecular weight excluding hydrogens is 265 g/mol. The number of hydrogen-bond acceptors (Lipinski definition) is 2. The van der Waals surface area contributed by atoms with Gasteiger partial charge < -0.3 is 10.1 Å². The molecule has 0 aliphatic heterocycles. The van der Waals surface area contributed by atoms with Crippen LogP contribution in [0, 0.1) is 5.82 Å². The van der Waals surface area contributed by atoms with Gasteiger partial charge in [-0.05, 0) is 43.1 Å². The Kier molecular flexibility index (Phi) is 5.76. The van der Waals surface area contributed by atoms with Crippen molar-refractivity contribution in [1.82, 2.24) is 5.32 Å². The second kappa shape index (κ2) is 7.79. The molecule has 0 saturated heterocycles. The van der Waals surface area contributed by atoms with Crippen molar-refractivity contribution in [1.29, 1.82) is 0 Å². The summed E-state index contributed by atoms with van der Waals surface area (Å²) in [5, 5.41) is 3.53. The standard InChI is InChI=1S/C18H22FNO/c1-3-11-20-17(13-14-7-6-8-15(19)12-14)16-9-4-5-10-18(16)21-2/h4-10,12,17,20H,3,11,13H2,1-2H3. The van der Waals surface area contributed by atoms with E-state index in [1.54, 1.807) is 19.2 Å². The Bertz CT molecular complexity index is 571. The number of hydrogen-bond donors (Lipinski definition) is 1. The average Bonchev–Trinajstić information content (AvgIpc) is 2.51. The Hall–Kier alpha value is -1.87.